The predicted octanol–water partition coefficient (Wildman–Crippen LogP) is 20.4. The third-order valence-electron chi connectivity index (χ3n) is 18.0. The van der Waals surface area contributed by atoms with E-state index in [2.05, 4.69) is 324 Å². The van der Waals surface area contributed by atoms with Gasteiger partial charge in [-0.2, -0.15) is 0 Å². The molecule has 0 radical (unpaired) electrons. The maximum absolute atomic E-state index is 7.78. The second-order valence-electron chi connectivity index (χ2n) is 35.1. The Kier molecular flexibility index (Phi) is 30.9. The highest BCUT2D eigenvalue weighted by Crippen LogP contribution is 2.42. The van der Waals surface area contributed by atoms with E-state index in [4.69, 9.17) is 46.2 Å². The van der Waals surface area contributed by atoms with Crippen LogP contribution in [0.2, 0.25) is 237 Å². The van der Waals surface area contributed by atoms with Gasteiger partial charge in [0.2, 0.25) is 16.6 Å². The zero-order chi connectivity index (χ0) is 73.9. The van der Waals surface area contributed by atoms with Crippen molar-refractivity contribution in [2.24, 2.45) is 0 Å². The number of rotatable bonds is 44. The van der Waals surface area contributed by atoms with Crippen molar-refractivity contribution in [2.75, 3.05) is 0 Å². The molecule has 0 bridgehead atoms. The molecular formula is C70H134O11Si16. The van der Waals surface area contributed by atoms with Gasteiger partial charge in [0.1, 0.15) is 0 Å². The molecule has 4 aromatic carbocycles. The highest BCUT2D eigenvalue weighted by molar-refractivity contribution is 7.05. The number of hydrogen-bond acceptors (Lipinski definition) is 11. The Hall–Kier alpha value is -1.13. The summed E-state index contributed by atoms with van der Waals surface area (Å²) in [7, 11) is -39.6. The molecule has 3 atom stereocenters. The Labute approximate surface area is 609 Å². The SMILES string of the molecule is C=C[Si](C)(C)C[Si](O[Si](C)(C)C=C)(O[Si](C)(C)CC[Si](C)(C)O[Si](C)(O[Si](C)(C)CC[Si](C)(C)O[Si](C)(C)O[Si](C)(C)CC[Si](C)(C)O[Si](C)(O[Si](C)(C)CC[Si](C)(C)OC(O[Si](C)(C)C=C)(O[Si](C)(C)C=C)c1ccccc1)c1ccccc1)c1ccccc1)c1ccccc1. The molecule has 0 N–H and O–H groups in total. The summed E-state index contributed by atoms with van der Waals surface area (Å²) in [6, 6.07) is 50.2. The van der Waals surface area contributed by atoms with Crippen LogP contribution in [0.4, 0.5) is 0 Å². The van der Waals surface area contributed by atoms with Crippen molar-refractivity contribution < 1.29 is 46.2 Å². The largest absolute Gasteiger partial charge is 0.437 e. The first-order valence-electron chi connectivity index (χ1n) is 35.5. The van der Waals surface area contributed by atoms with Crippen molar-refractivity contribution in [3.63, 3.8) is 0 Å². The van der Waals surface area contributed by atoms with Crippen molar-refractivity contribution >= 4 is 149 Å². The standard InChI is InChI=1S/C70H134O11Si16/c1-33-82(5,6)65-97(80-85(11,12)36-4,69-55-47-40-48-56-69)81-93(27,28)64-63-92(25,26)79-96(32,68-53-45-39-46-54-68)78-91(23,24)62-60-88(17,18)75-94(29,30)74-87(15,16)59-61-90(21,22)77-95(31,67-51-43-38-44-52-67)76-89(19,20)58-57-86(13,14)73-70(71-83(7,8)34-2,72-84(9,10)35-3)66-49-41-37-42-50-66/h33-56H,1-4,57-65H2,5-32H3. The molecule has 0 saturated carbocycles. The van der Waals surface area contributed by atoms with E-state index in [0.29, 0.717) is 0 Å². The number of benzene rings is 4. The molecule has 11 nitrogen and oxygen atoms in total. The van der Waals surface area contributed by atoms with Crippen LogP contribution in [0, 0.1) is 0 Å². The van der Waals surface area contributed by atoms with E-state index in [1.165, 1.54) is 15.6 Å². The minimum Gasteiger partial charge on any atom is -0.437 e. The Bertz CT molecular complexity index is 2900. The minimum atomic E-state index is -2.98. The lowest BCUT2D eigenvalue weighted by atomic mass is 10.2. The van der Waals surface area contributed by atoms with Gasteiger partial charge in [0.15, 0.2) is 74.9 Å². The van der Waals surface area contributed by atoms with Gasteiger partial charge in [0.05, 0.1) is 8.07 Å². The van der Waals surface area contributed by atoms with Gasteiger partial charge < -0.3 is 46.2 Å². The average Bonchev–Trinajstić information content (AvgIpc) is 0.734. The van der Waals surface area contributed by atoms with Gasteiger partial charge in [-0.3, -0.25) is 0 Å². The summed E-state index contributed by atoms with van der Waals surface area (Å²) < 4.78 is 82.3. The molecule has 0 saturated heterocycles. The van der Waals surface area contributed by atoms with Crippen molar-refractivity contribution in [3.8, 4) is 0 Å². The Balaban J connectivity index is 1.48. The average molecular weight is 1600 g/mol. The molecule has 27 heteroatoms. The van der Waals surface area contributed by atoms with E-state index >= 15 is 0 Å². The van der Waals surface area contributed by atoms with Gasteiger partial charge in [-0.05, 0) is 240 Å². The fraction of sp³-hybridized carbons (Fsp3) is 0.543. The van der Waals surface area contributed by atoms with E-state index in [9.17, 15) is 0 Å². The van der Waals surface area contributed by atoms with Crippen LogP contribution < -0.4 is 15.6 Å². The van der Waals surface area contributed by atoms with Crippen LogP contribution in [0.3, 0.4) is 0 Å². The first-order chi connectivity index (χ1) is 44.0. The smallest absolute Gasteiger partial charge is 0.349 e. The van der Waals surface area contributed by atoms with Gasteiger partial charge in [-0.1, -0.05) is 152 Å². The van der Waals surface area contributed by atoms with Crippen molar-refractivity contribution in [3.05, 3.63) is 176 Å². The Morgan fingerprint density at radius 3 is 0.845 bits per heavy atom. The molecule has 0 fully saturated rings. The normalized spacial score (nSPS) is 16.0. The fourth-order valence-corrected chi connectivity index (χ4v) is 88.2. The zero-order valence-corrected chi connectivity index (χ0v) is 82.0. The van der Waals surface area contributed by atoms with Crippen LogP contribution >= 0.6 is 0 Å². The summed E-state index contributed by atoms with van der Waals surface area (Å²) in [4.78, 5) is 0. The highest BCUT2D eigenvalue weighted by atomic mass is 28.5. The molecule has 4 rings (SSSR count). The zero-order valence-electron chi connectivity index (χ0n) is 66.0. The van der Waals surface area contributed by atoms with Gasteiger partial charge >= 0.3 is 34.2 Å². The molecule has 0 heterocycles. The highest BCUT2D eigenvalue weighted by Gasteiger charge is 2.54. The van der Waals surface area contributed by atoms with Gasteiger partial charge in [-0.15, -0.1) is 32.0 Å². The van der Waals surface area contributed by atoms with Crippen LogP contribution in [0.25, 0.3) is 0 Å². The second-order valence-corrected chi connectivity index (χ2v) is 101. The monoisotopic (exact) mass is 1600 g/mol. The van der Waals surface area contributed by atoms with Crippen LogP contribution in [0.5, 0.6) is 0 Å². The summed E-state index contributed by atoms with van der Waals surface area (Å²) in [5, 5.41) is 3.57. The lowest BCUT2D eigenvalue weighted by Crippen LogP contribution is -2.66. The van der Waals surface area contributed by atoms with Crippen molar-refractivity contribution in [1.29, 1.82) is 0 Å². The molecule has 0 aliphatic heterocycles. The van der Waals surface area contributed by atoms with Crippen LogP contribution in [0.1, 0.15) is 5.56 Å². The van der Waals surface area contributed by atoms with Crippen molar-refractivity contribution in [1.82, 2.24) is 0 Å². The fourth-order valence-electron chi connectivity index (χ4n) is 12.6. The molecule has 0 aromatic heterocycles. The summed E-state index contributed by atoms with van der Waals surface area (Å²) in [5.74, 6) is -1.40. The maximum Gasteiger partial charge on any atom is 0.349 e. The summed E-state index contributed by atoms with van der Waals surface area (Å²) in [5.41, 5.74) is 9.94. The van der Waals surface area contributed by atoms with E-state index < -0.39 is 140 Å². The third kappa shape index (κ3) is 29.4. The quantitative estimate of drug-likeness (QED) is 0.0312. The predicted molar refractivity (Wildman–Crippen MR) is 459 cm³/mol. The minimum absolute atomic E-state index is 0.854. The van der Waals surface area contributed by atoms with Crippen molar-refractivity contribution in [2.45, 2.75) is 243 Å². The molecule has 0 spiro atoms. The molecule has 544 valence electrons. The lowest BCUT2D eigenvalue weighted by molar-refractivity contribution is -0.281. The molecule has 97 heavy (non-hydrogen) atoms. The molecule has 4 aromatic rings. The molecule has 0 amide bonds. The van der Waals surface area contributed by atoms with Gasteiger partial charge in [0.25, 0.3) is 5.97 Å². The number of hydrogen-bond donors (Lipinski definition) is 0. The second kappa shape index (κ2) is 34.0. The first kappa shape index (κ1) is 88.3. The van der Waals surface area contributed by atoms with E-state index in [1.807, 2.05) is 29.6 Å². The van der Waals surface area contributed by atoms with Crippen LogP contribution in [-0.4, -0.2) is 134 Å². The molecular weight excluding hydrogens is 1470 g/mol. The van der Waals surface area contributed by atoms with Gasteiger partial charge in [-0.25, -0.2) is 0 Å². The maximum atomic E-state index is 7.78. The van der Waals surface area contributed by atoms with Gasteiger partial charge in [0, 0.05) is 5.56 Å². The van der Waals surface area contributed by atoms with E-state index in [1.54, 1.807) is 0 Å². The summed E-state index contributed by atoms with van der Waals surface area (Å²) in [6.07, 6.45) is 0. The summed E-state index contributed by atoms with van der Waals surface area (Å²) >= 11 is 0. The molecule has 3 unspecified atom stereocenters. The van der Waals surface area contributed by atoms with Crippen LogP contribution in [-0.2, 0) is 52.2 Å². The lowest BCUT2D eigenvalue weighted by Gasteiger charge is -2.47. The van der Waals surface area contributed by atoms with Crippen LogP contribution in [0.15, 0.2) is 170 Å². The molecule has 0 aliphatic carbocycles. The topological polar surface area (TPSA) is 102 Å². The molecule has 0 aliphatic rings. The summed E-state index contributed by atoms with van der Waals surface area (Å²) in [6.45, 7) is 81.9. The van der Waals surface area contributed by atoms with E-state index in [0.717, 1.165) is 59.6 Å². The Morgan fingerprint density at radius 1 is 0.278 bits per heavy atom. The Morgan fingerprint density at radius 2 is 0.546 bits per heavy atom. The first-order valence-corrected chi connectivity index (χ1v) is 82.1. The van der Waals surface area contributed by atoms with E-state index in [-0.39, 0.29) is 0 Å². The third-order valence-corrected chi connectivity index (χ3v) is 77.9.